The number of aromatic nitrogens is 2. The largest absolute Gasteiger partial charge is 0.496 e. The number of nitrogens with zero attached hydrogens (tertiary/aromatic N) is 1. The third-order valence-corrected chi connectivity index (χ3v) is 6.46. The predicted octanol–water partition coefficient (Wildman–Crippen LogP) is 3.78. The molecule has 1 amide bonds. The Kier molecular flexibility index (Phi) is 6.74. The molecule has 8 heteroatoms. The maximum atomic E-state index is 12.3. The maximum Gasteiger partial charge on any atom is 0.259 e. The molecule has 0 aliphatic heterocycles. The first-order chi connectivity index (χ1) is 13.5. The lowest BCUT2D eigenvalue weighted by atomic mass is 10.2. The fourth-order valence-electron chi connectivity index (χ4n) is 2.68. The van der Waals surface area contributed by atoms with Crippen LogP contribution in [0.3, 0.4) is 0 Å². The van der Waals surface area contributed by atoms with Crippen LogP contribution in [0.5, 0.6) is 5.75 Å². The van der Waals surface area contributed by atoms with E-state index in [2.05, 4.69) is 29.1 Å². The minimum atomic E-state index is -0.161. The van der Waals surface area contributed by atoms with E-state index in [0.29, 0.717) is 46.5 Å². The Balaban J connectivity index is 1.52. The van der Waals surface area contributed by atoms with Crippen LogP contribution in [0.4, 0.5) is 0 Å². The summed E-state index contributed by atoms with van der Waals surface area (Å²) in [6.45, 7) is 4.73. The lowest BCUT2D eigenvalue weighted by molar-refractivity contribution is 0.0953. The highest BCUT2D eigenvalue weighted by atomic mass is 32.2. The zero-order chi connectivity index (χ0) is 20.1. The minimum Gasteiger partial charge on any atom is -0.496 e. The van der Waals surface area contributed by atoms with Crippen molar-refractivity contribution in [3.63, 3.8) is 0 Å². The summed E-state index contributed by atoms with van der Waals surface area (Å²) in [5.74, 6) is 2.74. The molecule has 3 aromatic rings. The number of nitrogens with one attached hydrogen (secondary N) is 2. The summed E-state index contributed by atoms with van der Waals surface area (Å²) in [6.07, 6.45) is 0. The predicted molar refractivity (Wildman–Crippen MR) is 116 cm³/mol. The summed E-state index contributed by atoms with van der Waals surface area (Å²) in [6, 6.07) is 9.06. The molecular weight excluding hydrogens is 394 g/mol. The number of rotatable bonds is 8. The monoisotopic (exact) mass is 417 g/mol. The first-order valence-electron chi connectivity index (χ1n) is 9.01. The summed E-state index contributed by atoms with van der Waals surface area (Å²) >= 11 is 3.18. The highest BCUT2D eigenvalue weighted by molar-refractivity contribution is 7.98. The molecular formula is C20H23N3O3S2. The number of aromatic amines is 1. The van der Waals surface area contributed by atoms with E-state index in [1.54, 1.807) is 48.4 Å². The molecule has 0 unspecified atom stereocenters. The second-order valence-electron chi connectivity index (χ2n) is 6.54. The van der Waals surface area contributed by atoms with Gasteiger partial charge < -0.3 is 15.0 Å². The highest BCUT2D eigenvalue weighted by Gasteiger charge is 2.12. The SMILES string of the molecule is COc1ccccc1C(=O)NCCSCc1nc2sc(C(C)C)cc2c(=O)[nH]1. The molecule has 2 N–H and O–H groups in total. The molecule has 0 bridgehead atoms. The molecule has 2 heterocycles. The van der Waals surface area contributed by atoms with E-state index in [1.165, 1.54) is 0 Å². The summed E-state index contributed by atoms with van der Waals surface area (Å²) in [4.78, 5) is 33.9. The van der Waals surface area contributed by atoms with Crippen molar-refractivity contribution >= 4 is 39.2 Å². The number of carbonyl (C=O) groups excluding carboxylic acids is 1. The molecule has 0 spiro atoms. The van der Waals surface area contributed by atoms with Gasteiger partial charge in [0, 0.05) is 17.2 Å². The van der Waals surface area contributed by atoms with E-state index < -0.39 is 0 Å². The molecule has 0 fully saturated rings. The molecule has 0 aliphatic carbocycles. The molecule has 2 aromatic heterocycles. The second-order valence-corrected chi connectivity index (χ2v) is 8.71. The number of thioether (sulfide) groups is 1. The lowest BCUT2D eigenvalue weighted by Crippen LogP contribution is -2.26. The second kappa shape index (κ2) is 9.25. The van der Waals surface area contributed by atoms with Gasteiger partial charge in [0.1, 0.15) is 16.4 Å². The van der Waals surface area contributed by atoms with Gasteiger partial charge in [0.05, 0.1) is 23.8 Å². The molecule has 0 atom stereocenters. The number of hydrogen-bond donors (Lipinski definition) is 2. The smallest absolute Gasteiger partial charge is 0.259 e. The van der Waals surface area contributed by atoms with Gasteiger partial charge in [-0.25, -0.2) is 4.98 Å². The van der Waals surface area contributed by atoms with Crippen LogP contribution < -0.4 is 15.6 Å². The normalized spacial score (nSPS) is 11.1. The molecule has 28 heavy (non-hydrogen) atoms. The number of benzene rings is 1. The Bertz CT molecular complexity index is 1030. The number of para-hydroxylation sites is 1. The van der Waals surface area contributed by atoms with Crippen molar-refractivity contribution in [1.29, 1.82) is 0 Å². The molecule has 6 nitrogen and oxygen atoms in total. The average molecular weight is 418 g/mol. The summed E-state index contributed by atoms with van der Waals surface area (Å²) < 4.78 is 5.21. The number of ether oxygens (including phenoxy) is 1. The van der Waals surface area contributed by atoms with Gasteiger partial charge in [-0.15, -0.1) is 11.3 Å². The van der Waals surface area contributed by atoms with Crippen LogP contribution in [-0.2, 0) is 5.75 Å². The van der Waals surface area contributed by atoms with Crippen LogP contribution in [0, 0.1) is 0 Å². The number of methoxy groups -OCH3 is 1. The number of carbonyl (C=O) groups is 1. The third kappa shape index (κ3) is 4.74. The minimum absolute atomic E-state index is 0.0896. The fourth-order valence-corrected chi connectivity index (χ4v) is 4.45. The van der Waals surface area contributed by atoms with E-state index in [-0.39, 0.29) is 11.5 Å². The van der Waals surface area contributed by atoms with Gasteiger partial charge in [0.15, 0.2) is 0 Å². The van der Waals surface area contributed by atoms with Crippen molar-refractivity contribution in [2.45, 2.75) is 25.5 Å². The van der Waals surface area contributed by atoms with Crippen LogP contribution in [-0.4, -0.2) is 35.3 Å². The van der Waals surface area contributed by atoms with E-state index in [9.17, 15) is 9.59 Å². The molecule has 0 aliphatic rings. The topological polar surface area (TPSA) is 84.1 Å². The van der Waals surface area contributed by atoms with Crippen LogP contribution in [0.15, 0.2) is 35.1 Å². The van der Waals surface area contributed by atoms with Crippen LogP contribution in [0.1, 0.15) is 40.8 Å². The van der Waals surface area contributed by atoms with Gasteiger partial charge in [-0.05, 0) is 24.1 Å². The van der Waals surface area contributed by atoms with Crippen molar-refractivity contribution in [1.82, 2.24) is 15.3 Å². The van der Waals surface area contributed by atoms with Crippen LogP contribution in [0.2, 0.25) is 0 Å². The molecule has 0 saturated heterocycles. The van der Waals surface area contributed by atoms with E-state index in [4.69, 9.17) is 4.74 Å². The van der Waals surface area contributed by atoms with Crippen LogP contribution >= 0.6 is 23.1 Å². The van der Waals surface area contributed by atoms with Gasteiger partial charge >= 0.3 is 0 Å². The van der Waals surface area contributed by atoms with Crippen molar-refractivity contribution < 1.29 is 9.53 Å². The Labute approximate surface area is 171 Å². The Morgan fingerprint density at radius 1 is 1.36 bits per heavy atom. The highest BCUT2D eigenvalue weighted by Crippen LogP contribution is 2.27. The number of thiophene rings is 1. The van der Waals surface area contributed by atoms with Gasteiger partial charge in [-0.1, -0.05) is 26.0 Å². The maximum absolute atomic E-state index is 12.3. The van der Waals surface area contributed by atoms with E-state index in [1.807, 2.05) is 12.1 Å². The van der Waals surface area contributed by atoms with Crippen LogP contribution in [0.25, 0.3) is 10.2 Å². The van der Waals surface area contributed by atoms with Crippen molar-refractivity contribution in [2.24, 2.45) is 0 Å². The molecule has 3 rings (SSSR count). The third-order valence-electron chi connectivity index (χ3n) is 4.16. The van der Waals surface area contributed by atoms with Crippen molar-refractivity contribution in [2.75, 3.05) is 19.4 Å². The Morgan fingerprint density at radius 3 is 2.89 bits per heavy atom. The van der Waals surface area contributed by atoms with Gasteiger partial charge in [-0.2, -0.15) is 11.8 Å². The fraction of sp³-hybridized carbons (Fsp3) is 0.350. The lowest BCUT2D eigenvalue weighted by Gasteiger charge is -2.08. The molecule has 0 saturated carbocycles. The zero-order valence-corrected chi connectivity index (χ0v) is 17.7. The summed E-state index contributed by atoms with van der Waals surface area (Å²) in [5.41, 5.74) is 0.429. The average Bonchev–Trinajstić information content (AvgIpc) is 3.12. The Hall–Kier alpha value is -2.32. The van der Waals surface area contributed by atoms with Gasteiger partial charge in [-0.3, -0.25) is 9.59 Å². The quantitative estimate of drug-likeness (QED) is 0.545. The number of amides is 1. The Morgan fingerprint density at radius 2 is 2.14 bits per heavy atom. The number of H-pyrrole nitrogens is 1. The van der Waals surface area contributed by atoms with Gasteiger partial charge in [0.2, 0.25) is 0 Å². The first kappa shape index (κ1) is 20.4. The molecule has 0 radical (unpaired) electrons. The summed E-state index contributed by atoms with van der Waals surface area (Å²) in [5, 5.41) is 3.55. The standard InChI is InChI=1S/C20H23N3O3S2/c1-12(2)16-10-14-19(25)22-17(23-20(14)28-16)11-27-9-8-21-18(24)13-6-4-5-7-15(13)26-3/h4-7,10,12H,8-9,11H2,1-3H3,(H,21,24)(H,22,23,25). The van der Waals surface area contributed by atoms with Gasteiger partial charge in [0.25, 0.3) is 11.5 Å². The zero-order valence-electron chi connectivity index (χ0n) is 16.1. The van der Waals surface area contributed by atoms with E-state index in [0.717, 1.165) is 9.71 Å². The van der Waals surface area contributed by atoms with Crippen molar-refractivity contribution in [3.05, 3.63) is 57.0 Å². The van der Waals surface area contributed by atoms with Crippen molar-refractivity contribution in [3.8, 4) is 5.75 Å². The molecule has 1 aromatic carbocycles. The number of fused-ring (bicyclic) bond motifs is 1. The number of hydrogen-bond acceptors (Lipinski definition) is 6. The summed E-state index contributed by atoms with van der Waals surface area (Å²) in [7, 11) is 1.55. The molecule has 148 valence electrons. The first-order valence-corrected chi connectivity index (χ1v) is 11.0. The van der Waals surface area contributed by atoms with E-state index >= 15 is 0 Å².